The molecular formula is C25H29N3O3. The Labute approximate surface area is 183 Å². The second kappa shape index (κ2) is 9.33. The third kappa shape index (κ3) is 4.79. The highest BCUT2D eigenvalue weighted by molar-refractivity contribution is 5.81. The normalized spacial score (nSPS) is 14.0. The van der Waals surface area contributed by atoms with Gasteiger partial charge in [0.05, 0.1) is 6.54 Å². The number of aromatic nitrogens is 2. The van der Waals surface area contributed by atoms with E-state index in [2.05, 4.69) is 22.3 Å². The Bertz CT molecular complexity index is 1060. The maximum Gasteiger partial charge on any atom is 0.263 e. The number of aryl methyl sites for hydroxylation is 3. The number of hydrogen-bond donors (Lipinski definition) is 0. The van der Waals surface area contributed by atoms with Crippen LogP contribution in [0.5, 0.6) is 5.75 Å². The van der Waals surface area contributed by atoms with Crippen LogP contribution in [0.2, 0.25) is 0 Å². The van der Waals surface area contributed by atoms with Crippen LogP contribution >= 0.6 is 0 Å². The topological polar surface area (TPSA) is 68.5 Å². The highest BCUT2D eigenvalue weighted by Crippen LogP contribution is 2.26. The molecule has 0 radical (unpaired) electrons. The monoisotopic (exact) mass is 419 g/mol. The van der Waals surface area contributed by atoms with E-state index < -0.39 is 6.10 Å². The Morgan fingerprint density at radius 3 is 2.71 bits per heavy atom. The van der Waals surface area contributed by atoms with E-state index in [0.717, 1.165) is 29.7 Å². The van der Waals surface area contributed by atoms with E-state index in [-0.39, 0.29) is 12.5 Å². The van der Waals surface area contributed by atoms with E-state index >= 15 is 0 Å². The van der Waals surface area contributed by atoms with Gasteiger partial charge in [-0.1, -0.05) is 42.4 Å². The van der Waals surface area contributed by atoms with E-state index in [4.69, 9.17) is 9.26 Å². The molecule has 1 aliphatic carbocycles. The number of amides is 1. The molecular weight excluding hydrogens is 390 g/mol. The van der Waals surface area contributed by atoms with Gasteiger partial charge >= 0.3 is 0 Å². The average Bonchev–Trinajstić information content (AvgIpc) is 3.25. The molecule has 1 heterocycles. The minimum absolute atomic E-state index is 0.101. The maximum absolute atomic E-state index is 13.0. The summed E-state index contributed by atoms with van der Waals surface area (Å²) in [6, 6.07) is 14.1. The van der Waals surface area contributed by atoms with Crippen molar-refractivity contribution < 1.29 is 14.1 Å². The summed E-state index contributed by atoms with van der Waals surface area (Å²) >= 11 is 0. The lowest BCUT2D eigenvalue weighted by Gasteiger charge is -2.24. The average molecular weight is 420 g/mol. The summed E-state index contributed by atoms with van der Waals surface area (Å²) in [4.78, 5) is 19.1. The van der Waals surface area contributed by atoms with Crippen molar-refractivity contribution in [2.75, 3.05) is 7.05 Å². The Morgan fingerprint density at radius 2 is 1.94 bits per heavy atom. The van der Waals surface area contributed by atoms with Gasteiger partial charge in [-0.25, -0.2) is 0 Å². The minimum Gasteiger partial charge on any atom is -0.481 e. The largest absolute Gasteiger partial charge is 0.481 e. The SMILES string of the molecule is CC[C@H](Oc1ccc2c(c1)CCCC2)C(=O)N(C)Cc1nc(-c2ccccc2C)no1. The van der Waals surface area contributed by atoms with Gasteiger partial charge in [-0.2, -0.15) is 4.98 Å². The molecule has 3 aromatic rings. The van der Waals surface area contributed by atoms with Crippen molar-refractivity contribution in [3.05, 3.63) is 65.0 Å². The molecule has 1 aromatic heterocycles. The van der Waals surface area contributed by atoms with Crippen LogP contribution in [-0.2, 0) is 24.2 Å². The van der Waals surface area contributed by atoms with Crippen molar-refractivity contribution in [2.24, 2.45) is 0 Å². The van der Waals surface area contributed by atoms with Gasteiger partial charge in [0.15, 0.2) is 6.10 Å². The molecule has 6 nitrogen and oxygen atoms in total. The van der Waals surface area contributed by atoms with Crippen molar-refractivity contribution in [1.82, 2.24) is 15.0 Å². The van der Waals surface area contributed by atoms with Crippen molar-refractivity contribution >= 4 is 5.91 Å². The fourth-order valence-electron chi connectivity index (χ4n) is 4.03. The van der Waals surface area contributed by atoms with Crippen molar-refractivity contribution in [1.29, 1.82) is 0 Å². The van der Waals surface area contributed by atoms with Gasteiger partial charge in [-0.15, -0.1) is 0 Å². The van der Waals surface area contributed by atoms with Gasteiger partial charge in [-0.05, 0) is 67.9 Å². The summed E-state index contributed by atoms with van der Waals surface area (Å²) in [7, 11) is 1.73. The summed E-state index contributed by atoms with van der Waals surface area (Å²) < 4.78 is 11.5. The Morgan fingerprint density at radius 1 is 1.16 bits per heavy atom. The van der Waals surface area contributed by atoms with Gasteiger partial charge in [-0.3, -0.25) is 4.79 Å². The van der Waals surface area contributed by atoms with Crippen LogP contribution in [0.1, 0.15) is 48.8 Å². The van der Waals surface area contributed by atoms with Crippen LogP contribution in [0.25, 0.3) is 11.4 Å². The van der Waals surface area contributed by atoms with Crippen LogP contribution in [0.4, 0.5) is 0 Å². The predicted molar refractivity (Wildman–Crippen MR) is 119 cm³/mol. The maximum atomic E-state index is 13.0. The molecule has 0 saturated heterocycles. The lowest BCUT2D eigenvalue weighted by molar-refractivity contribution is -0.138. The number of ether oxygens (including phenoxy) is 1. The van der Waals surface area contributed by atoms with Crippen LogP contribution in [-0.4, -0.2) is 34.1 Å². The fourth-order valence-corrected chi connectivity index (χ4v) is 4.03. The Kier molecular flexibility index (Phi) is 6.35. The summed E-state index contributed by atoms with van der Waals surface area (Å²) in [6.45, 7) is 4.20. The lowest BCUT2D eigenvalue weighted by Crippen LogP contribution is -2.39. The molecule has 0 N–H and O–H groups in total. The molecule has 4 rings (SSSR count). The molecule has 0 bridgehead atoms. The number of rotatable bonds is 7. The summed E-state index contributed by atoms with van der Waals surface area (Å²) in [5, 5.41) is 4.08. The first-order valence-corrected chi connectivity index (χ1v) is 11.0. The van der Waals surface area contributed by atoms with E-state index in [0.29, 0.717) is 18.1 Å². The van der Waals surface area contributed by atoms with Gasteiger partial charge < -0.3 is 14.2 Å². The van der Waals surface area contributed by atoms with Crippen LogP contribution in [0.3, 0.4) is 0 Å². The molecule has 0 fully saturated rings. The summed E-state index contributed by atoms with van der Waals surface area (Å²) in [5.74, 6) is 1.59. The first kappa shape index (κ1) is 21.1. The molecule has 1 amide bonds. The zero-order valence-corrected chi connectivity index (χ0v) is 18.4. The lowest BCUT2D eigenvalue weighted by atomic mass is 9.92. The zero-order valence-electron chi connectivity index (χ0n) is 18.4. The summed E-state index contributed by atoms with van der Waals surface area (Å²) in [5.41, 5.74) is 4.74. The third-order valence-corrected chi connectivity index (χ3v) is 5.85. The highest BCUT2D eigenvalue weighted by Gasteiger charge is 2.24. The highest BCUT2D eigenvalue weighted by atomic mass is 16.5. The molecule has 31 heavy (non-hydrogen) atoms. The first-order valence-electron chi connectivity index (χ1n) is 11.0. The number of nitrogens with zero attached hydrogens (tertiary/aromatic N) is 3. The Hall–Kier alpha value is -3.15. The van der Waals surface area contributed by atoms with E-state index in [9.17, 15) is 4.79 Å². The van der Waals surface area contributed by atoms with E-state index in [1.165, 1.54) is 24.0 Å². The smallest absolute Gasteiger partial charge is 0.263 e. The number of carbonyl (C=O) groups excluding carboxylic acids is 1. The van der Waals surface area contributed by atoms with Gasteiger partial charge in [0, 0.05) is 12.6 Å². The van der Waals surface area contributed by atoms with Crippen LogP contribution in [0.15, 0.2) is 47.0 Å². The zero-order chi connectivity index (χ0) is 21.8. The first-order chi connectivity index (χ1) is 15.0. The number of benzene rings is 2. The van der Waals surface area contributed by atoms with Crippen LogP contribution in [0, 0.1) is 6.92 Å². The summed E-state index contributed by atoms with van der Waals surface area (Å²) in [6.07, 6.45) is 4.70. The molecule has 1 aliphatic rings. The molecule has 6 heteroatoms. The minimum atomic E-state index is -0.551. The third-order valence-electron chi connectivity index (χ3n) is 5.85. The second-order valence-corrected chi connectivity index (χ2v) is 8.17. The predicted octanol–water partition coefficient (Wildman–Crippen LogP) is 4.74. The van der Waals surface area contributed by atoms with E-state index in [1.54, 1.807) is 11.9 Å². The number of carbonyl (C=O) groups is 1. The fraction of sp³-hybridized carbons (Fsp3) is 0.400. The number of likely N-dealkylation sites (N-methyl/N-ethyl adjacent to an activating group) is 1. The Balaban J connectivity index is 1.41. The molecule has 2 aromatic carbocycles. The molecule has 0 unspecified atom stereocenters. The van der Waals surface area contributed by atoms with Crippen molar-refractivity contribution in [2.45, 2.75) is 58.6 Å². The van der Waals surface area contributed by atoms with Gasteiger partial charge in [0.2, 0.25) is 11.7 Å². The number of fused-ring (bicyclic) bond motifs is 1. The second-order valence-electron chi connectivity index (χ2n) is 8.17. The molecule has 162 valence electrons. The molecule has 0 saturated carbocycles. The standard InChI is InChI=1S/C25H29N3O3/c1-4-22(30-20-14-13-18-10-6-7-11-19(18)15-20)25(29)28(3)16-23-26-24(27-31-23)21-12-8-5-9-17(21)2/h5,8-9,12-15,22H,4,6-7,10-11,16H2,1-3H3/t22-/m0/s1. The quantitative estimate of drug-likeness (QED) is 0.553. The van der Waals surface area contributed by atoms with Gasteiger partial charge in [0.1, 0.15) is 5.75 Å². The van der Waals surface area contributed by atoms with Gasteiger partial charge in [0.25, 0.3) is 5.91 Å². The molecule has 0 aliphatic heterocycles. The molecule has 1 atom stereocenters. The van der Waals surface area contributed by atoms with Crippen LogP contribution < -0.4 is 4.74 Å². The van der Waals surface area contributed by atoms with E-state index in [1.807, 2.05) is 44.2 Å². The van der Waals surface area contributed by atoms with Crippen molar-refractivity contribution in [3.63, 3.8) is 0 Å². The number of hydrogen-bond acceptors (Lipinski definition) is 5. The van der Waals surface area contributed by atoms with Crippen molar-refractivity contribution in [3.8, 4) is 17.1 Å². The molecule has 0 spiro atoms.